The number of halogens is 1. The fourth-order valence-electron chi connectivity index (χ4n) is 2.20. The predicted octanol–water partition coefficient (Wildman–Crippen LogP) is 4.39. The van der Waals surface area contributed by atoms with Crippen molar-refractivity contribution >= 4 is 28.8 Å². The highest BCUT2D eigenvalue weighted by Gasteiger charge is 2.18. The van der Waals surface area contributed by atoms with E-state index in [0.717, 1.165) is 16.3 Å². The van der Waals surface area contributed by atoms with Gasteiger partial charge in [-0.25, -0.2) is 4.68 Å². The summed E-state index contributed by atoms with van der Waals surface area (Å²) in [6.45, 7) is 3.86. The van der Waals surface area contributed by atoms with Gasteiger partial charge >= 0.3 is 0 Å². The first-order valence-electron chi connectivity index (χ1n) is 7.25. The molecule has 2 heterocycles. The molecule has 0 spiro atoms. The van der Waals surface area contributed by atoms with Crippen LogP contribution in [-0.2, 0) is 0 Å². The van der Waals surface area contributed by atoms with E-state index >= 15 is 0 Å². The third-order valence-electron chi connectivity index (χ3n) is 3.21. The van der Waals surface area contributed by atoms with Crippen molar-refractivity contribution in [2.75, 3.05) is 0 Å². The molecule has 0 aliphatic rings. The summed E-state index contributed by atoms with van der Waals surface area (Å²) in [5.74, 6) is -0.148. The number of nitrogens with zero attached hydrogens (tertiary/aromatic N) is 2. The molecule has 0 saturated carbocycles. The minimum Gasteiger partial charge on any atom is -0.349 e. The molecule has 0 aliphatic heterocycles. The number of hydrogen-bond acceptors (Lipinski definition) is 3. The van der Waals surface area contributed by atoms with Crippen molar-refractivity contribution < 1.29 is 4.79 Å². The summed E-state index contributed by atoms with van der Waals surface area (Å²) in [7, 11) is 0. The van der Waals surface area contributed by atoms with E-state index in [1.165, 1.54) is 0 Å². The number of hydrogen-bond donors (Lipinski definition) is 1. The second kappa shape index (κ2) is 6.56. The van der Waals surface area contributed by atoms with Crippen LogP contribution in [0.1, 0.15) is 24.3 Å². The van der Waals surface area contributed by atoms with Crippen molar-refractivity contribution in [3.8, 4) is 16.3 Å². The standard InChI is InChI=1S/C17H16ClN3OS/c1-11(2)19-17(22)15-10-14(16-4-3-9-23-16)20-21(15)13-7-5-12(18)6-8-13/h3-11H,1-2H3,(H,19,22). The van der Waals surface area contributed by atoms with Crippen LogP contribution in [0.15, 0.2) is 47.8 Å². The Kier molecular flexibility index (Phi) is 4.50. The van der Waals surface area contributed by atoms with Crippen molar-refractivity contribution in [2.24, 2.45) is 0 Å². The molecule has 0 saturated heterocycles. The zero-order valence-corrected chi connectivity index (χ0v) is 14.4. The van der Waals surface area contributed by atoms with Crippen LogP contribution in [0.3, 0.4) is 0 Å². The molecule has 0 unspecified atom stereocenters. The lowest BCUT2D eigenvalue weighted by Gasteiger charge is -2.10. The third-order valence-corrected chi connectivity index (χ3v) is 4.35. The summed E-state index contributed by atoms with van der Waals surface area (Å²) in [6, 6.07) is 13.1. The number of aromatic nitrogens is 2. The van der Waals surface area contributed by atoms with E-state index in [2.05, 4.69) is 10.4 Å². The molecule has 0 bridgehead atoms. The van der Waals surface area contributed by atoms with E-state index < -0.39 is 0 Å². The number of carbonyl (C=O) groups excluding carboxylic acids is 1. The van der Waals surface area contributed by atoms with Gasteiger partial charge < -0.3 is 5.32 Å². The van der Waals surface area contributed by atoms with Gasteiger partial charge in [0.05, 0.1) is 10.6 Å². The smallest absolute Gasteiger partial charge is 0.270 e. The highest BCUT2D eigenvalue weighted by atomic mass is 35.5. The van der Waals surface area contributed by atoms with Gasteiger partial charge in [-0.1, -0.05) is 17.7 Å². The molecule has 1 N–H and O–H groups in total. The summed E-state index contributed by atoms with van der Waals surface area (Å²) in [5, 5.41) is 10.2. The minimum absolute atomic E-state index is 0.0567. The van der Waals surface area contributed by atoms with Crippen molar-refractivity contribution in [1.29, 1.82) is 0 Å². The molecular weight excluding hydrogens is 330 g/mol. The maximum absolute atomic E-state index is 12.5. The van der Waals surface area contributed by atoms with Gasteiger partial charge in [0.15, 0.2) is 0 Å². The normalized spacial score (nSPS) is 11.0. The minimum atomic E-state index is -0.148. The third kappa shape index (κ3) is 3.46. The molecular formula is C17H16ClN3OS. The van der Waals surface area contributed by atoms with Gasteiger partial charge in [0.25, 0.3) is 5.91 Å². The van der Waals surface area contributed by atoms with Gasteiger partial charge in [-0.2, -0.15) is 5.10 Å². The molecule has 0 atom stereocenters. The van der Waals surface area contributed by atoms with Crippen LogP contribution >= 0.6 is 22.9 Å². The quantitative estimate of drug-likeness (QED) is 0.762. The number of rotatable bonds is 4. The largest absolute Gasteiger partial charge is 0.349 e. The average molecular weight is 346 g/mol. The molecule has 3 aromatic rings. The van der Waals surface area contributed by atoms with Crippen LogP contribution in [0, 0.1) is 0 Å². The fraction of sp³-hybridized carbons (Fsp3) is 0.176. The van der Waals surface area contributed by atoms with Crippen molar-refractivity contribution in [2.45, 2.75) is 19.9 Å². The Bertz CT molecular complexity index is 807. The monoisotopic (exact) mass is 345 g/mol. The molecule has 118 valence electrons. The Labute approximate surface area is 143 Å². The first-order chi connectivity index (χ1) is 11.0. The van der Waals surface area contributed by atoms with Crippen molar-refractivity contribution in [3.05, 3.63) is 58.6 Å². The van der Waals surface area contributed by atoms with E-state index in [1.54, 1.807) is 28.2 Å². The van der Waals surface area contributed by atoms with Gasteiger partial charge in [-0.3, -0.25) is 4.79 Å². The van der Waals surface area contributed by atoms with E-state index in [4.69, 9.17) is 11.6 Å². The maximum Gasteiger partial charge on any atom is 0.270 e. The lowest BCUT2D eigenvalue weighted by molar-refractivity contribution is 0.0935. The van der Waals surface area contributed by atoms with Crippen molar-refractivity contribution in [3.63, 3.8) is 0 Å². The molecule has 4 nitrogen and oxygen atoms in total. The highest BCUT2D eigenvalue weighted by molar-refractivity contribution is 7.13. The molecule has 2 aromatic heterocycles. The van der Waals surface area contributed by atoms with Gasteiger partial charge in [-0.15, -0.1) is 11.3 Å². The lowest BCUT2D eigenvalue weighted by Crippen LogP contribution is -2.31. The summed E-state index contributed by atoms with van der Waals surface area (Å²) in [4.78, 5) is 13.5. The Morgan fingerprint density at radius 3 is 2.61 bits per heavy atom. The van der Waals surface area contributed by atoms with E-state index in [9.17, 15) is 4.79 Å². The van der Waals surface area contributed by atoms with Crippen LogP contribution in [0.2, 0.25) is 5.02 Å². The Hall–Kier alpha value is -2.11. The summed E-state index contributed by atoms with van der Waals surface area (Å²) in [5.41, 5.74) is 2.08. The van der Waals surface area contributed by atoms with Crippen LogP contribution in [0.25, 0.3) is 16.3 Å². The molecule has 23 heavy (non-hydrogen) atoms. The first kappa shape index (κ1) is 15.8. The van der Waals surface area contributed by atoms with Gasteiger partial charge in [0, 0.05) is 11.1 Å². The molecule has 0 radical (unpaired) electrons. The Morgan fingerprint density at radius 1 is 1.26 bits per heavy atom. The van der Waals surface area contributed by atoms with Crippen molar-refractivity contribution in [1.82, 2.24) is 15.1 Å². The molecule has 1 amide bonds. The maximum atomic E-state index is 12.5. The fourth-order valence-corrected chi connectivity index (χ4v) is 3.01. The molecule has 0 fully saturated rings. The zero-order valence-electron chi connectivity index (χ0n) is 12.8. The van der Waals surface area contributed by atoms with Gasteiger partial charge in [0.1, 0.15) is 11.4 Å². The Morgan fingerprint density at radius 2 is 2.00 bits per heavy atom. The van der Waals surface area contributed by atoms with Crippen LogP contribution in [0.5, 0.6) is 0 Å². The van der Waals surface area contributed by atoms with Gasteiger partial charge in [0.2, 0.25) is 0 Å². The highest BCUT2D eigenvalue weighted by Crippen LogP contribution is 2.26. The summed E-state index contributed by atoms with van der Waals surface area (Å²) < 4.78 is 1.66. The second-order valence-corrected chi connectivity index (χ2v) is 6.79. The number of nitrogens with one attached hydrogen (secondary N) is 1. The summed E-state index contributed by atoms with van der Waals surface area (Å²) in [6.07, 6.45) is 0. The van der Waals surface area contributed by atoms with Crippen LogP contribution in [0.4, 0.5) is 0 Å². The summed E-state index contributed by atoms with van der Waals surface area (Å²) >= 11 is 7.54. The second-order valence-electron chi connectivity index (χ2n) is 5.41. The molecule has 1 aromatic carbocycles. The van der Waals surface area contributed by atoms with Crippen LogP contribution in [-0.4, -0.2) is 21.7 Å². The SMILES string of the molecule is CC(C)NC(=O)c1cc(-c2cccs2)nn1-c1ccc(Cl)cc1. The number of carbonyl (C=O) groups is 1. The Balaban J connectivity index is 2.08. The average Bonchev–Trinajstić information content (AvgIpc) is 3.16. The topological polar surface area (TPSA) is 46.9 Å². The van der Waals surface area contributed by atoms with E-state index in [1.807, 2.05) is 49.6 Å². The van der Waals surface area contributed by atoms with E-state index in [-0.39, 0.29) is 11.9 Å². The lowest BCUT2D eigenvalue weighted by atomic mass is 10.2. The van der Waals surface area contributed by atoms with Crippen LogP contribution < -0.4 is 5.32 Å². The number of amides is 1. The molecule has 0 aliphatic carbocycles. The molecule has 3 rings (SSSR count). The number of thiophene rings is 1. The van der Waals surface area contributed by atoms with Gasteiger partial charge in [-0.05, 0) is 55.6 Å². The number of benzene rings is 1. The molecule has 6 heteroatoms. The van der Waals surface area contributed by atoms with E-state index in [0.29, 0.717) is 10.7 Å². The zero-order chi connectivity index (χ0) is 16.4. The predicted molar refractivity (Wildman–Crippen MR) is 94.5 cm³/mol. The first-order valence-corrected chi connectivity index (χ1v) is 8.51.